The smallest absolute Gasteiger partial charge is 0.336 e. The minimum absolute atomic E-state index is 0.0578. The summed E-state index contributed by atoms with van der Waals surface area (Å²) in [6.07, 6.45) is -4.61. The average molecular weight is 410 g/mol. The third-order valence-electron chi connectivity index (χ3n) is 5.13. The van der Waals surface area contributed by atoms with Crippen LogP contribution in [0, 0.1) is 17.2 Å². The van der Waals surface area contributed by atoms with Crippen LogP contribution < -0.4 is 10.6 Å². The lowest BCUT2D eigenvalue weighted by Gasteiger charge is -2.28. The number of halogens is 3. The molecule has 1 aliphatic rings. The molecule has 0 radical (unpaired) electrons. The number of nitrogens with one attached hydrogen (secondary N) is 2. The minimum Gasteiger partial charge on any atom is -0.336 e. The van der Waals surface area contributed by atoms with Crippen molar-refractivity contribution in [3.63, 3.8) is 0 Å². The number of carbonyl (C=O) groups excluding carboxylic acids is 3. The van der Waals surface area contributed by atoms with E-state index >= 15 is 0 Å². The lowest BCUT2D eigenvalue weighted by Crippen LogP contribution is -2.52. The molecule has 7 nitrogen and oxygen atoms in total. The van der Waals surface area contributed by atoms with E-state index in [0.29, 0.717) is 4.90 Å². The normalized spacial score (nSPS) is 21.6. The van der Waals surface area contributed by atoms with Gasteiger partial charge in [-0.1, -0.05) is 26.0 Å². The molecule has 1 aliphatic heterocycles. The van der Waals surface area contributed by atoms with Crippen molar-refractivity contribution in [2.24, 2.45) is 5.92 Å². The Balaban J connectivity index is 2.26. The van der Waals surface area contributed by atoms with Crippen LogP contribution in [-0.2, 0) is 21.3 Å². The second-order valence-corrected chi connectivity index (χ2v) is 7.54. The van der Waals surface area contributed by atoms with E-state index in [4.69, 9.17) is 0 Å². The van der Waals surface area contributed by atoms with E-state index in [1.165, 1.54) is 19.9 Å². The van der Waals surface area contributed by atoms with Crippen LogP contribution in [0.4, 0.5) is 18.0 Å². The molecule has 29 heavy (non-hydrogen) atoms. The quantitative estimate of drug-likeness (QED) is 0.728. The van der Waals surface area contributed by atoms with Gasteiger partial charge in [0.15, 0.2) is 0 Å². The van der Waals surface area contributed by atoms with Gasteiger partial charge < -0.3 is 10.6 Å². The predicted octanol–water partition coefficient (Wildman–Crippen LogP) is 2.53. The number of hydrogen-bond acceptors (Lipinski definition) is 4. The van der Waals surface area contributed by atoms with Crippen molar-refractivity contribution in [3.05, 3.63) is 35.4 Å². The lowest BCUT2D eigenvalue weighted by atomic mass is 9.90. The molecule has 2 atom stereocenters. The second-order valence-electron chi connectivity index (χ2n) is 7.54. The fraction of sp³-hybridized carbons (Fsp3) is 0.474. The number of imide groups is 1. The van der Waals surface area contributed by atoms with E-state index in [-0.39, 0.29) is 11.5 Å². The first kappa shape index (κ1) is 22.2. The van der Waals surface area contributed by atoms with Crippen molar-refractivity contribution in [1.82, 2.24) is 15.5 Å². The Bertz CT molecular complexity index is 893. The molecule has 2 rings (SSSR count). The van der Waals surface area contributed by atoms with Crippen LogP contribution >= 0.6 is 0 Å². The van der Waals surface area contributed by atoms with Crippen LogP contribution in [0.1, 0.15) is 38.8 Å². The van der Waals surface area contributed by atoms with Crippen LogP contribution in [0.3, 0.4) is 0 Å². The first-order chi connectivity index (χ1) is 13.2. The van der Waals surface area contributed by atoms with E-state index in [0.717, 1.165) is 18.2 Å². The molecule has 0 aliphatic carbocycles. The van der Waals surface area contributed by atoms with Crippen LogP contribution in [-0.4, -0.2) is 34.8 Å². The highest BCUT2D eigenvalue weighted by molar-refractivity contribution is 6.09. The van der Waals surface area contributed by atoms with Gasteiger partial charge >= 0.3 is 12.2 Å². The highest BCUT2D eigenvalue weighted by Gasteiger charge is 2.50. The summed E-state index contributed by atoms with van der Waals surface area (Å²) >= 11 is 0. The van der Waals surface area contributed by atoms with Gasteiger partial charge in [-0.05, 0) is 37.5 Å². The third-order valence-corrected chi connectivity index (χ3v) is 5.13. The maximum Gasteiger partial charge on any atom is 0.416 e. The molecule has 1 saturated heterocycles. The Kier molecular flexibility index (Phi) is 5.65. The van der Waals surface area contributed by atoms with Gasteiger partial charge in [0.05, 0.1) is 11.6 Å². The summed E-state index contributed by atoms with van der Waals surface area (Å²) in [7, 11) is 0. The van der Waals surface area contributed by atoms with E-state index < -0.39 is 47.2 Å². The number of alkyl halides is 3. The Hall–Kier alpha value is -3.09. The lowest BCUT2D eigenvalue weighted by molar-refractivity contribution is -0.138. The number of carbonyl (C=O) groups is 3. The molecule has 1 aromatic carbocycles. The molecule has 1 heterocycles. The standard InChI is InChI=1S/C19H21F3N4O3/c1-11(2)17(3,10-23)24-14(27)9-26-15(28)18(4,25-16(26)29)12-6-5-7-13(8-12)19(20,21)22/h5-8,11H,9H2,1-4H3,(H,24,27)(H,25,29)/t17-,18+/m1/s1. The van der Waals surface area contributed by atoms with Crippen LogP contribution in [0.25, 0.3) is 0 Å². The number of rotatable bonds is 5. The molecular formula is C19H21F3N4O3. The van der Waals surface area contributed by atoms with E-state index in [1.807, 2.05) is 6.07 Å². The summed E-state index contributed by atoms with van der Waals surface area (Å²) in [5, 5.41) is 14.1. The van der Waals surface area contributed by atoms with Gasteiger partial charge in [0.2, 0.25) is 5.91 Å². The zero-order valence-corrected chi connectivity index (χ0v) is 16.3. The maximum atomic E-state index is 13.0. The molecule has 0 unspecified atom stereocenters. The van der Waals surface area contributed by atoms with Crippen LogP contribution in [0.2, 0.25) is 0 Å². The van der Waals surface area contributed by atoms with Crippen molar-refractivity contribution in [1.29, 1.82) is 5.26 Å². The number of hydrogen-bond donors (Lipinski definition) is 2. The fourth-order valence-electron chi connectivity index (χ4n) is 2.82. The molecule has 10 heteroatoms. The Morgan fingerprint density at radius 3 is 2.48 bits per heavy atom. The highest BCUT2D eigenvalue weighted by atomic mass is 19.4. The molecule has 1 fully saturated rings. The zero-order chi connectivity index (χ0) is 22.2. The van der Waals surface area contributed by atoms with Crippen molar-refractivity contribution in [3.8, 4) is 6.07 Å². The monoisotopic (exact) mass is 410 g/mol. The molecule has 0 saturated carbocycles. The first-order valence-electron chi connectivity index (χ1n) is 8.78. The summed E-state index contributed by atoms with van der Waals surface area (Å²) in [5.41, 5.74) is -3.98. The molecule has 0 bridgehead atoms. The molecule has 4 amide bonds. The number of urea groups is 1. The average Bonchev–Trinajstić information content (AvgIpc) is 2.85. The summed E-state index contributed by atoms with van der Waals surface area (Å²) in [6.45, 7) is 5.56. The van der Waals surface area contributed by atoms with Crippen molar-refractivity contribution in [2.45, 2.75) is 44.9 Å². The SMILES string of the molecule is CC(C)[C@@](C)(C#N)NC(=O)CN1C(=O)N[C@@](C)(c2cccc(C(F)(F)F)c2)C1=O. The van der Waals surface area contributed by atoms with Crippen LogP contribution in [0.5, 0.6) is 0 Å². The molecule has 0 spiro atoms. The van der Waals surface area contributed by atoms with Crippen molar-refractivity contribution < 1.29 is 27.6 Å². The Labute approximate surface area is 165 Å². The Morgan fingerprint density at radius 1 is 1.34 bits per heavy atom. The Morgan fingerprint density at radius 2 is 1.97 bits per heavy atom. The summed E-state index contributed by atoms with van der Waals surface area (Å²) in [5.74, 6) is -1.84. The summed E-state index contributed by atoms with van der Waals surface area (Å²) in [6, 6.07) is 5.14. The van der Waals surface area contributed by atoms with Crippen molar-refractivity contribution >= 4 is 17.8 Å². The highest BCUT2D eigenvalue weighted by Crippen LogP contribution is 2.34. The minimum atomic E-state index is -4.61. The first-order valence-corrected chi connectivity index (χ1v) is 8.78. The molecule has 156 valence electrons. The zero-order valence-electron chi connectivity index (χ0n) is 16.3. The molecular weight excluding hydrogens is 389 g/mol. The molecule has 1 aromatic rings. The number of amides is 4. The van der Waals surface area contributed by atoms with Gasteiger partial charge in [-0.2, -0.15) is 18.4 Å². The fourth-order valence-corrected chi connectivity index (χ4v) is 2.82. The second kappa shape index (κ2) is 7.39. The number of nitrogens with zero attached hydrogens (tertiary/aromatic N) is 2. The van der Waals surface area contributed by atoms with Gasteiger partial charge in [0, 0.05) is 0 Å². The van der Waals surface area contributed by atoms with Gasteiger partial charge in [-0.25, -0.2) is 4.79 Å². The molecule has 0 aromatic heterocycles. The number of nitriles is 1. The van der Waals surface area contributed by atoms with Gasteiger partial charge in [-0.3, -0.25) is 14.5 Å². The van der Waals surface area contributed by atoms with Gasteiger partial charge in [0.25, 0.3) is 5.91 Å². The van der Waals surface area contributed by atoms with Crippen LogP contribution in [0.15, 0.2) is 24.3 Å². The predicted molar refractivity (Wildman–Crippen MR) is 96.0 cm³/mol. The largest absolute Gasteiger partial charge is 0.416 e. The number of benzene rings is 1. The molecule has 2 N–H and O–H groups in total. The van der Waals surface area contributed by atoms with E-state index in [1.54, 1.807) is 13.8 Å². The van der Waals surface area contributed by atoms with Gasteiger partial charge in [0.1, 0.15) is 17.6 Å². The topological polar surface area (TPSA) is 102 Å². The van der Waals surface area contributed by atoms with E-state index in [2.05, 4.69) is 10.6 Å². The summed E-state index contributed by atoms with van der Waals surface area (Å²) in [4.78, 5) is 38.0. The third kappa shape index (κ3) is 4.18. The van der Waals surface area contributed by atoms with Gasteiger partial charge in [-0.15, -0.1) is 0 Å². The van der Waals surface area contributed by atoms with Crippen molar-refractivity contribution in [2.75, 3.05) is 6.54 Å². The maximum absolute atomic E-state index is 13.0. The summed E-state index contributed by atoms with van der Waals surface area (Å²) < 4.78 is 39.0. The van der Waals surface area contributed by atoms with E-state index in [9.17, 15) is 32.8 Å².